The smallest absolute Gasteiger partial charge is 0.266 e. The Kier molecular flexibility index (Phi) is 4.14. The number of H-pyrrole nitrogens is 1. The second-order valence-corrected chi connectivity index (χ2v) is 6.58. The van der Waals surface area contributed by atoms with Crippen molar-refractivity contribution in [1.82, 2.24) is 9.71 Å². The van der Waals surface area contributed by atoms with E-state index in [9.17, 15) is 13.2 Å². The molecule has 4 N–H and O–H groups in total. The van der Waals surface area contributed by atoms with Gasteiger partial charge in [0.2, 0.25) is 10.0 Å². The Morgan fingerprint density at radius 2 is 2.20 bits per heavy atom. The molecule has 0 bridgehead atoms. The van der Waals surface area contributed by atoms with Gasteiger partial charge in [0, 0.05) is 22.5 Å². The number of amides is 1. The van der Waals surface area contributed by atoms with E-state index in [0.29, 0.717) is 15.4 Å². The second-order valence-electron chi connectivity index (χ2n) is 3.96. The van der Waals surface area contributed by atoms with Crippen molar-refractivity contribution in [2.24, 2.45) is 5.73 Å². The number of carbonyl (C=O) groups excluding carboxylic acids is 1. The van der Waals surface area contributed by atoms with Crippen LogP contribution in [0.15, 0.2) is 27.6 Å². The molecule has 1 heterocycles. The number of hydrogen-bond acceptors (Lipinski definition) is 4. The summed E-state index contributed by atoms with van der Waals surface area (Å²) in [6.07, 6.45) is 0. The van der Waals surface area contributed by atoms with Gasteiger partial charge in [-0.05, 0) is 18.2 Å². The highest BCUT2D eigenvalue weighted by Crippen LogP contribution is 2.29. The minimum absolute atomic E-state index is 0.165. The molecule has 1 aromatic carbocycles. The van der Waals surface area contributed by atoms with Gasteiger partial charge in [-0.15, -0.1) is 0 Å². The third kappa shape index (κ3) is 2.70. The maximum atomic E-state index is 12.3. The van der Waals surface area contributed by atoms with E-state index in [4.69, 9.17) is 5.73 Å². The Hall–Kier alpha value is -1.42. The molecule has 0 unspecified atom stereocenters. The van der Waals surface area contributed by atoms with Crippen LogP contribution >= 0.6 is 15.9 Å². The molecule has 0 saturated heterocycles. The summed E-state index contributed by atoms with van der Waals surface area (Å²) in [5, 5.41) is 0.372. The summed E-state index contributed by atoms with van der Waals surface area (Å²) in [6.45, 7) is -0.207. The largest absolute Gasteiger partial charge is 0.369 e. The third-order valence-electron chi connectivity index (χ3n) is 2.62. The number of nitrogens with one attached hydrogen (secondary N) is 2. The van der Waals surface area contributed by atoms with E-state index in [0.717, 1.165) is 0 Å². The highest BCUT2D eigenvalue weighted by atomic mass is 79.9. The van der Waals surface area contributed by atoms with Gasteiger partial charge in [-0.2, -0.15) is 4.72 Å². The minimum Gasteiger partial charge on any atom is -0.369 e. The van der Waals surface area contributed by atoms with Crippen LogP contribution in [0.3, 0.4) is 0 Å². The molecule has 0 fully saturated rings. The number of sulfonamides is 1. The molecule has 0 saturated carbocycles. The summed E-state index contributed by atoms with van der Waals surface area (Å²) in [5.74, 6) is -0.852. The van der Waals surface area contributed by atoms with Crippen molar-refractivity contribution in [2.45, 2.75) is 4.90 Å². The zero-order chi connectivity index (χ0) is 14.9. The first-order chi connectivity index (χ1) is 9.36. The number of ether oxygens (including phenoxy) is 1. The number of benzene rings is 1. The van der Waals surface area contributed by atoms with E-state index in [1.807, 2.05) is 0 Å². The first-order valence-electron chi connectivity index (χ1n) is 5.46. The molecule has 0 atom stereocenters. The Bertz CT molecular complexity index is 769. The monoisotopic (exact) mass is 361 g/mol. The number of primary amides is 1. The third-order valence-corrected chi connectivity index (χ3v) is 4.57. The Balaban J connectivity index is 2.74. The van der Waals surface area contributed by atoms with Crippen LogP contribution in [-0.2, 0) is 14.8 Å². The van der Waals surface area contributed by atoms with E-state index in [-0.39, 0.29) is 17.3 Å². The number of aromatic nitrogens is 1. The molecule has 0 aliphatic rings. The predicted molar refractivity (Wildman–Crippen MR) is 76.7 cm³/mol. The molecule has 1 aromatic heterocycles. The molecule has 0 radical (unpaired) electrons. The number of halogens is 1. The van der Waals surface area contributed by atoms with Crippen molar-refractivity contribution < 1.29 is 17.9 Å². The molecule has 0 aliphatic carbocycles. The summed E-state index contributed by atoms with van der Waals surface area (Å²) in [6, 6.07) is 4.98. The van der Waals surface area contributed by atoms with Crippen LogP contribution in [-0.4, -0.2) is 33.1 Å². The van der Waals surface area contributed by atoms with Gasteiger partial charge in [-0.1, -0.05) is 15.9 Å². The van der Waals surface area contributed by atoms with Crippen LogP contribution in [0.5, 0.6) is 0 Å². The van der Waals surface area contributed by atoms with Crippen molar-refractivity contribution in [3.05, 3.63) is 28.4 Å². The van der Waals surface area contributed by atoms with Crippen molar-refractivity contribution in [1.29, 1.82) is 0 Å². The highest BCUT2D eigenvalue weighted by molar-refractivity contribution is 9.10. The quantitative estimate of drug-likeness (QED) is 0.686. The van der Waals surface area contributed by atoms with E-state index in [1.54, 1.807) is 18.2 Å². The van der Waals surface area contributed by atoms with E-state index >= 15 is 0 Å². The summed E-state index contributed by atoms with van der Waals surface area (Å²) >= 11 is 3.26. The van der Waals surface area contributed by atoms with E-state index in [2.05, 4.69) is 30.4 Å². The Morgan fingerprint density at radius 3 is 2.80 bits per heavy atom. The van der Waals surface area contributed by atoms with Crippen LogP contribution in [0.25, 0.3) is 10.9 Å². The molecule has 20 heavy (non-hydrogen) atoms. The number of rotatable bonds is 5. The maximum absolute atomic E-state index is 12.3. The lowest BCUT2D eigenvalue weighted by Gasteiger charge is -2.06. The highest BCUT2D eigenvalue weighted by Gasteiger charge is 2.26. The molecule has 2 rings (SSSR count). The average molecular weight is 362 g/mol. The van der Waals surface area contributed by atoms with Gasteiger partial charge in [0.15, 0.2) is 0 Å². The maximum Gasteiger partial charge on any atom is 0.266 e. The van der Waals surface area contributed by atoms with Crippen LogP contribution in [0.4, 0.5) is 0 Å². The van der Waals surface area contributed by atoms with Crippen molar-refractivity contribution in [3.63, 3.8) is 0 Å². The molecule has 1 amide bonds. The van der Waals surface area contributed by atoms with Gasteiger partial charge < -0.3 is 15.5 Å². The van der Waals surface area contributed by atoms with Crippen molar-refractivity contribution in [3.8, 4) is 0 Å². The average Bonchev–Trinajstić information content (AvgIpc) is 2.75. The predicted octanol–water partition coefficient (Wildman–Crippen LogP) is 0.912. The number of hydrogen-bond donors (Lipinski definition) is 3. The van der Waals surface area contributed by atoms with Crippen molar-refractivity contribution >= 4 is 42.8 Å². The normalized spacial score (nSPS) is 11.9. The second kappa shape index (κ2) is 5.52. The fourth-order valence-corrected chi connectivity index (χ4v) is 3.46. The number of carbonyl (C=O) groups is 1. The summed E-state index contributed by atoms with van der Waals surface area (Å²) in [7, 11) is -2.58. The first kappa shape index (κ1) is 15.0. The molecular formula is C11H12BrN3O4S. The molecular weight excluding hydrogens is 350 g/mol. The van der Waals surface area contributed by atoms with E-state index in [1.165, 1.54) is 7.11 Å². The van der Waals surface area contributed by atoms with Crippen molar-refractivity contribution in [2.75, 3.05) is 13.8 Å². The molecule has 2 aromatic rings. The Labute approximate surface area is 123 Å². The number of methoxy groups -OCH3 is 1. The summed E-state index contributed by atoms with van der Waals surface area (Å²) in [5.41, 5.74) is 5.57. The molecule has 108 valence electrons. The Morgan fingerprint density at radius 1 is 1.50 bits per heavy atom. The van der Waals surface area contributed by atoms with Gasteiger partial charge in [0.05, 0.1) is 0 Å². The molecule has 9 heteroatoms. The molecule has 0 aliphatic heterocycles. The SMILES string of the molecule is COCNS(=O)(=O)c1c(C(N)=O)[nH]c2ccc(Br)cc12. The minimum atomic E-state index is -3.93. The van der Waals surface area contributed by atoms with E-state index < -0.39 is 15.9 Å². The topological polar surface area (TPSA) is 114 Å². The van der Waals surface area contributed by atoms with Crippen LogP contribution in [0.2, 0.25) is 0 Å². The number of fused-ring (bicyclic) bond motifs is 1. The lowest BCUT2D eigenvalue weighted by Crippen LogP contribution is -2.28. The van der Waals surface area contributed by atoms with Gasteiger partial charge in [0.25, 0.3) is 5.91 Å². The van der Waals surface area contributed by atoms with Gasteiger partial charge in [-0.3, -0.25) is 4.79 Å². The fourth-order valence-electron chi connectivity index (χ4n) is 1.80. The van der Waals surface area contributed by atoms with Crippen LogP contribution in [0, 0.1) is 0 Å². The zero-order valence-corrected chi connectivity index (χ0v) is 12.8. The number of nitrogens with two attached hydrogens (primary N) is 1. The molecule has 0 spiro atoms. The molecule has 7 nitrogen and oxygen atoms in total. The number of aromatic amines is 1. The van der Waals surface area contributed by atoms with Crippen LogP contribution in [0.1, 0.15) is 10.5 Å². The van der Waals surface area contributed by atoms with Gasteiger partial charge in [-0.25, -0.2) is 8.42 Å². The first-order valence-corrected chi connectivity index (χ1v) is 7.74. The summed E-state index contributed by atoms with van der Waals surface area (Å²) in [4.78, 5) is 14.0. The lowest BCUT2D eigenvalue weighted by molar-refractivity contribution is 0.0993. The zero-order valence-electron chi connectivity index (χ0n) is 10.4. The van der Waals surface area contributed by atoms with Gasteiger partial charge in [0.1, 0.15) is 17.3 Å². The lowest BCUT2D eigenvalue weighted by atomic mass is 10.2. The summed E-state index contributed by atoms with van der Waals surface area (Å²) < 4.78 is 32.1. The fraction of sp³-hybridized carbons (Fsp3) is 0.182. The van der Waals surface area contributed by atoms with Crippen LogP contribution < -0.4 is 10.5 Å². The van der Waals surface area contributed by atoms with Gasteiger partial charge >= 0.3 is 0 Å². The standard InChI is InChI=1S/C11H12BrN3O4S/c1-19-5-14-20(17,18)10-7-4-6(12)2-3-8(7)15-9(10)11(13)16/h2-4,14-15H,5H2,1H3,(H2,13,16).